The second-order valence-corrected chi connectivity index (χ2v) is 4.36. The molecule has 0 aliphatic rings. The van der Waals surface area contributed by atoms with Gasteiger partial charge in [0, 0.05) is 17.4 Å². The molecule has 5 heteroatoms. The Morgan fingerprint density at radius 3 is 2.84 bits per heavy atom. The van der Waals surface area contributed by atoms with Gasteiger partial charge in [0.25, 0.3) is 0 Å². The van der Waals surface area contributed by atoms with E-state index < -0.39 is 0 Å². The van der Waals surface area contributed by atoms with Gasteiger partial charge in [-0.3, -0.25) is 4.98 Å². The molecule has 0 amide bonds. The molecule has 0 saturated heterocycles. The summed E-state index contributed by atoms with van der Waals surface area (Å²) in [4.78, 5) is 8.45. The largest absolute Gasteiger partial charge is 0.399 e. The van der Waals surface area contributed by atoms with Gasteiger partial charge in [0.2, 0.25) is 0 Å². The fourth-order valence-corrected chi connectivity index (χ4v) is 1.86. The minimum absolute atomic E-state index is 0.647. The van der Waals surface area contributed by atoms with E-state index in [1.54, 1.807) is 23.4 Å². The molecular weight excluding hydrogens is 238 g/mol. The first-order valence-electron chi connectivity index (χ1n) is 5.92. The lowest BCUT2D eigenvalue weighted by Crippen LogP contribution is -1.96. The van der Waals surface area contributed by atoms with E-state index in [0.717, 1.165) is 16.8 Å². The molecular formula is C14H13N5. The Hall–Kier alpha value is -2.69. The predicted octanol–water partition coefficient (Wildman–Crippen LogP) is 2.22. The van der Waals surface area contributed by atoms with Crippen molar-refractivity contribution < 1.29 is 0 Å². The smallest absolute Gasteiger partial charge is 0.181 e. The molecule has 0 aliphatic carbocycles. The van der Waals surface area contributed by atoms with Gasteiger partial charge in [-0.15, -0.1) is 5.10 Å². The maximum Gasteiger partial charge on any atom is 0.181 e. The second-order valence-electron chi connectivity index (χ2n) is 4.36. The number of benzene rings is 1. The summed E-state index contributed by atoms with van der Waals surface area (Å²) >= 11 is 0. The number of anilines is 1. The Morgan fingerprint density at radius 2 is 2.05 bits per heavy atom. The third-order valence-corrected chi connectivity index (χ3v) is 2.76. The van der Waals surface area contributed by atoms with E-state index in [1.165, 1.54) is 0 Å². The highest BCUT2D eigenvalue weighted by atomic mass is 15.3. The lowest BCUT2D eigenvalue weighted by atomic mass is 10.2. The van der Waals surface area contributed by atoms with Crippen LogP contribution in [0, 0.1) is 6.92 Å². The first-order valence-corrected chi connectivity index (χ1v) is 5.92. The van der Waals surface area contributed by atoms with Gasteiger partial charge in [0.1, 0.15) is 6.33 Å². The first kappa shape index (κ1) is 11.4. The molecule has 94 valence electrons. The Kier molecular flexibility index (Phi) is 2.72. The van der Waals surface area contributed by atoms with E-state index in [0.29, 0.717) is 11.5 Å². The highest BCUT2D eigenvalue weighted by Crippen LogP contribution is 2.18. The summed E-state index contributed by atoms with van der Waals surface area (Å²) in [6.45, 7) is 1.99. The summed E-state index contributed by atoms with van der Waals surface area (Å²) in [5.41, 5.74) is 9.34. The quantitative estimate of drug-likeness (QED) is 0.709. The van der Waals surface area contributed by atoms with Gasteiger partial charge in [-0.25, -0.2) is 9.67 Å². The third-order valence-electron chi connectivity index (χ3n) is 2.76. The van der Waals surface area contributed by atoms with Crippen molar-refractivity contribution >= 4 is 5.69 Å². The van der Waals surface area contributed by atoms with E-state index in [2.05, 4.69) is 15.1 Å². The zero-order chi connectivity index (χ0) is 13.2. The van der Waals surface area contributed by atoms with Crippen LogP contribution in [0.1, 0.15) is 5.56 Å². The maximum absolute atomic E-state index is 5.76. The number of nitrogens with two attached hydrogens (primary N) is 1. The Bertz CT molecular complexity index is 657. The van der Waals surface area contributed by atoms with Crippen molar-refractivity contribution in [2.24, 2.45) is 0 Å². The molecule has 1 aromatic carbocycles. The molecule has 3 rings (SSSR count). The van der Waals surface area contributed by atoms with Crippen molar-refractivity contribution in [1.82, 2.24) is 19.7 Å². The van der Waals surface area contributed by atoms with Gasteiger partial charge in [0.05, 0.1) is 11.9 Å². The first-order chi connectivity index (χ1) is 9.22. The number of hydrogen-bond acceptors (Lipinski definition) is 4. The van der Waals surface area contributed by atoms with Gasteiger partial charge in [-0.05, 0) is 30.7 Å². The van der Waals surface area contributed by atoms with E-state index in [-0.39, 0.29) is 0 Å². The van der Waals surface area contributed by atoms with Crippen LogP contribution in [0.2, 0.25) is 0 Å². The monoisotopic (exact) mass is 251 g/mol. The van der Waals surface area contributed by atoms with Gasteiger partial charge >= 0.3 is 0 Å². The van der Waals surface area contributed by atoms with E-state index in [1.807, 2.05) is 37.3 Å². The van der Waals surface area contributed by atoms with E-state index in [9.17, 15) is 0 Å². The third kappa shape index (κ3) is 2.30. The van der Waals surface area contributed by atoms with Gasteiger partial charge < -0.3 is 5.73 Å². The van der Waals surface area contributed by atoms with Crippen LogP contribution in [-0.4, -0.2) is 19.7 Å². The molecule has 0 fully saturated rings. The predicted molar refractivity (Wildman–Crippen MR) is 73.7 cm³/mol. The average molecular weight is 251 g/mol. The fourth-order valence-electron chi connectivity index (χ4n) is 1.86. The van der Waals surface area contributed by atoms with E-state index in [4.69, 9.17) is 5.73 Å². The normalized spacial score (nSPS) is 10.6. The summed E-state index contributed by atoms with van der Waals surface area (Å²) in [6, 6.07) is 9.52. The van der Waals surface area contributed by atoms with Gasteiger partial charge in [0.15, 0.2) is 5.82 Å². The molecule has 0 unspecified atom stereocenters. The fraction of sp³-hybridized carbons (Fsp3) is 0.0714. The zero-order valence-corrected chi connectivity index (χ0v) is 10.5. The molecule has 0 saturated carbocycles. The SMILES string of the molecule is Cc1cncc(-n2cnc(-c3cccc(N)c3)n2)c1. The van der Waals surface area contributed by atoms with Crippen LogP contribution in [0.3, 0.4) is 0 Å². The molecule has 2 heterocycles. The van der Waals surface area contributed by atoms with E-state index >= 15 is 0 Å². The van der Waals surface area contributed by atoms with Crippen molar-refractivity contribution in [1.29, 1.82) is 0 Å². The Labute approximate surface area is 110 Å². The topological polar surface area (TPSA) is 69.6 Å². The summed E-state index contributed by atoms with van der Waals surface area (Å²) in [5, 5.41) is 4.44. The summed E-state index contributed by atoms with van der Waals surface area (Å²) < 4.78 is 1.71. The number of aryl methyl sites for hydroxylation is 1. The van der Waals surface area contributed by atoms with Gasteiger partial charge in [-0.1, -0.05) is 12.1 Å². The zero-order valence-electron chi connectivity index (χ0n) is 10.5. The summed E-state index contributed by atoms with van der Waals surface area (Å²) in [5.74, 6) is 0.647. The Balaban J connectivity index is 2.00. The molecule has 0 atom stereocenters. The van der Waals surface area contributed by atoms with Crippen molar-refractivity contribution in [3.63, 3.8) is 0 Å². The molecule has 0 radical (unpaired) electrons. The Morgan fingerprint density at radius 1 is 1.16 bits per heavy atom. The van der Waals surface area contributed by atoms with Crippen molar-refractivity contribution in [2.75, 3.05) is 5.73 Å². The minimum atomic E-state index is 0.647. The number of nitrogen functional groups attached to an aromatic ring is 1. The lowest BCUT2D eigenvalue weighted by molar-refractivity contribution is 0.873. The van der Waals surface area contributed by atoms with Crippen LogP contribution in [-0.2, 0) is 0 Å². The number of aromatic nitrogens is 4. The molecule has 3 aromatic rings. The van der Waals surface area contributed by atoms with Crippen molar-refractivity contribution in [3.8, 4) is 17.1 Å². The second kappa shape index (κ2) is 4.53. The summed E-state index contributed by atoms with van der Waals surface area (Å²) in [7, 11) is 0. The molecule has 0 aliphatic heterocycles. The lowest BCUT2D eigenvalue weighted by Gasteiger charge is -2.00. The van der Waals surface area contributed by atoms with Crippen LogP contribution < -0.4 is 5.73 Å². The number of rotatable bonds is 2. The highest BCUT2D eigenvalue weighted by Gasteiger charge is 2.06. The molecule has 0 bridgehead atoms. The molecule has 19 heavy (non-hydrogen) atoms. The number of hydrogen-bond donors (Lipinski definition) is 1. The molecule has 0 spiro atoms. The number of pyridine rings is 1. The van der Waals surface area contributed by atoms with Crippen LogP contribution in [0.15, 0.2) is 49.1 Å². The van der Waals surface area contributed by atoms with Crippen LogP contribution in [0.5, 0.6) is 0 Å². The minimum Gasteiger partial charge on any atom is -0.399 e. The maximum atomic E-state index is 5.76. The number of nitrogens with zero attached hydrogens (tertiary/aromatic N) is 4. The van der Waals surface area contributed by atoms with Crippen LogP contribution in [0.25, 0.3) is 17.1 Å². The van der Waals surface area contributed by atoms with Crippen molar-refractivity contribution in [2.45, 2.75) is 6.92 Å². The molecule has 5 nitrogen and oxygen atoms in total. The van der Waals surface area contributed by atoms with Crippen LogP contribution in [0.4, 0.5) is 5.69 Å². The standard InChI is InChI=1S/C14H13N5/c1-10-5-13(8-16-7-10)19-9-17-14(18-19)11-3-2-4-12(15)6-11/h2-9H,15H2,1H3. The summed E-state index contributed by atoms with van der Waals surface area (Å²) in [6.07, 6.45) is 5.24. The van der Waals surface area contributed by atoms with Crippen LogP contribution >= 0.6 is 0 Å². The van der Waals surface area contributed by atoms with Gasteiger partial charge in [-0.2, -0.15) is 0 Å². The van der Waals surface area contributed by atoms with Crippen molar-refractivity contribution in [3.05, 3.63) is 54.6 Å². The average Bonchev–Trinajstić information content (AvgIpc) is 2.88. The molecule has 2 N–H and O–H groups in total. The molecule has 2 aromatic heterocycles. The highest BCUT2D eigenvalue weighted by molar-refractivity contribution is 5.60.